The summed E-state index contributed by atoms with van der Waals surface area (Å²) in [5.41, 5.74) is 2.93. The average Bonchev–Trinajstić information content (AvgIpc) is 3.07. The van der Waals surface area contributed by atoms with Crippen molar-refractivity contribution in [2.75, 3.05) is 13.7 Å². The van der Waals surface area contributed by atoms with Gasteiger partial charge in [-0.3, -0.25) is 0 Å². The zero-order valence-corrected chi connectivity index (χ0v) is 18.2. The number of aliphatic imine (C=N–C) groups is 1. The van der Waals surface area contributed by atoms with Gasteiger partial charge in [-0.05, 0) is 63.3 Å². The molecule has 150 valence electrons. The van der Waals surface area contributed by atoms with Gasteiger partial charge in [0.2, 0.25) is 5.90 Å². The fraction of sp³-hybridized carbons (Fsp3) is 0.217. The summed E-state index contributed by atoms with van der Waals surface area (Å²) >= 11 is 3.48. The van der Waals surface area contributed by atoms with Crippen LogP contribution >= 0.6 is 15.9 Å². The molecule has 0 aromatic heterocycles. The molecule has 5 nitrogen and oxygen atoms in total. The highest BCUT2D eigenvalue weighted by atomic mass is 79.9. The van der Waals surface area contributed by atoms with E-state index >= 15 is 0 Å². The molecular weight excluding hydrogens is 434 g/mol. The lowest BCUT2D eigenvalue weighted by molar-refractivity contribution is -0.129. The maximum atomic E-state index is 12.3. The van der Waals surface area contributed by atoms with Crippen molar-refractivity contribution in [3.05, 3.63) is 75.9 Å². The Morgan fingerprint density at radius 2 is 1.97 bits per heavy atom. The van der Waals surface area contributed by atoms with Gasteiger partial charge in [0.25, 0.3) is 0 Å². The Morgan fingerprint density at radius 3 is 2.59 bits per heavy atom. The number of carbonyl (C=O) groups excluding carboxylic acids is 1. The van der Waals surface area contributed by atoms with Crippen molar-refractivity contribution in [2.24, 2.45) is 4.99 Å². The van der Waals surface area contributed by atoms with Crippen molar-refractivity contribution in [3.8, 4) is 11.5 Å². The summed E-state index contributed by atoms with van der Waals surface area (Å²) in [6.07, 6.45) is 3.31. The molecular formula is C23H22BrNO4. The number of nitrogens with zero attached hydrogens (tertiary/aromatic N) is 1. The highest BCUT2D eigenvalue weighted by molar-refractivity contribution is 9.10. The predicted octanol–water partition coefficient (Wildman–Crippen LogP) is 5.49. The van der Waals surface area contributed by atoms with Gasteiger partial charge in [-0.25, -0.2) is 9.79 Å². The van der Waals surface area contributed by atoms with Crippen molar-refractivity contribution in [2.45, 2.75) is 19.8 Å². The first kappa shape index (κ1) is 20.9. The minimum Gasteiger partial charge on any atom is -0.493 e. The Morgan fingerprint density at radius 1 is 1.24 bits per heavy atom. The van der Waals surface area contributed by atoms with Gasteiger partial charge in [-0.2, -0.15) is 0 Å². The Kier molecular flexibility index (Phi) is 6.54. The molecule has 1 aliphatic heterocycles. The molecule has 0 saturated heterocycles. The van der Waals surface area contributed by atoms with Gasteiger partial charge < -0.3 is 14.2 Å². The van der Waals surface area contributed by atoms with E-state index < -0.39 is 5.97 Å². The summed E-state index contributed by atoms with van der Waals surface area (Å²) in [6, 6.07) is 11.5. The molecule has 0 saturated carbocycles. The second-order valence-electron chi connectivity index (χ2n) is 6.75. The lowest BCUT2D eigenvalue weighted by atomic mass is 10.0. The molecule has 6 heteroatoms. The van der Waals surface area contributed by atoms with Crippen LogP contribution in [0.5, 0.6) is 11.5 Å². The van der Waals surface area contributed by atoms with E-state index in [-0.39, 0.29) is 5.70 Å². The summed E-state index contributed by atoms with van der Waals surface area (Å²) in [7, 11) is 1.56. The number of methoxy groups -OCH3 is 1. The average molecular weight is 456 g/mol. The monoisotopic (exact) mass is 455 g/mol. The van der Waals surface area contributed by atoms with Crippen LogP contribution in [-0.2, 0) is 9.53 Å². The normalized spacial score (nSPS) is 14.7. The fourth-order valence-corrected chi connectivity index (χ4v) is 3.38. The van der Waals surface area contributed by atoms with Crippen molar-refractivity contribution in [3.63, 3.8) is 0 Å². The quantitative estimate of drug-likeness (QED) is 0.314. The Labute approximate surface area is 178 Å². The van der Waals surface area contributed by atoms with E-state index in [9.17, 15) is 4.79 Å². The molecule has 0 N–H and O–H groups in total. The molecule has 2 aromatic rings. The van der Waals surface area contributed by atoms with Crippen molar-refractivity contribution in [1.82, 2.24) is 0 Å². The van der Waals surface area contributed by atoms with E-state index in [1.807, 2.05) is 30.3 Å². The van der Waals surface area contributed by atoms with Gasteiger partial charge >= 0.3 is 5.97 Å². The molecule has 1 heterocycles. The van der Waals surface area contributed by atoms with Crippen LogP contribution in [0.4, 0.5) is 0 Å². The third kappa shape index (κ3) is 4.77. The minimum atomic E-state index is -0.491. The fourth-order valence-electron chi connectivity index (χ4n) is 2.81. The van der Waals surface area contributed by atoms with Gasteiger partial charge in [0.05, 0.1) is 11.6 Å². The second kappa shape index (κ2) is 9.09. The van der Waals surface area contributed by atoms with E-state index in [1.54, 1.807) is 25.3 Å². The van der Waals surface area contributed by atoms with Gasteiger partial charge in [0, 0.05) is 5.56 Å². The number of hydrogen-bond donors (Lipinski definition) is 0. The van der Waals surface area contributed by atoms with Gasteiger partial charge in [0.1, 0.15) is 6.61 Å². The van der Waals surface area contributed by atoms with E-state index in [0.717, 1.165) is 11.1 Å². The van der Waals surface area contributed by atoms with Crippen LogP contribution < -0.4 is 9.47 Å². The molecule has 0 bridgehead atoms. The minimum absolute atomic E-state index is 0.224. The lowest BCUT2D eigenvalue weighted by Crippen LogP contribution is -2.05. The number of hydrogen-bond acceptors (Lipinski definition) is 5. The Balaban J connectivity index is 1.90. The number of cyclic esters (lactones) is 1. The maximum absolute atomic E-state index is 12.3. The van der Waals surface area contributed by atoms with E-state index in [0.29, 0.717) is 34.4 Å². The van der Waals surface area contributed by atoms with E-state index in [4.69, 9.17) is 14.2 Å². The standard InChI is InChI=1S/C23H22BrNO4/c1-5-10-28-21-18(24)11-15(13-20(21)27-4)12-19-23(26)29-22(25-19)17-8-6-16(7-9-17)14(2)3/h5-9,11-14H,1,10H2,2-4H3/b19-12-. The molecule has 3 rings (SSSR count). The van der Waals surface area contributed by atoms with Crippen LogP contribution in [0.25, 0.3) is 6.08 Å². The van der Waals surface area contributed by atoms with Crippen LogP contribution in [0.1, 0.15) is 36.5 Å². The first-order valence-electron chi connectivity index (χ1n) is 9.17. The van der Waals surface area contributed by atoms with Gasteiger partial charge in [-0.15, -0.1) is 0 Å². The first-order valence-corrected chi connectivity index (χ1v) is 9.96. The van der Waals surface area contributed by atoms with Crippen molar-refractivity contribution < 1.29 is 19.0 Å². The number of ether oxygens (including phenoxy) is 3. The van der Waals surface area contributed by atoms with Gasteiger partial charge in [-0.1, -0.05) is 38.6 Å². The predicted molar refractivity (Wildman–Crippen MR) is 118 cm³/mol. The van der Waals surface area contributed by atoms with Crippen LogP contribution in [0.15, 0.2) is 64.2 Å². The zero-order valence-electron chi connectivity index (χ0n) is 16.6. The molecule has 1 aliphatic rings. The molecule has 0 radical (unpaired) electrons. The van der Waals surface area contributed by atoms with Crippen molar-refractivity contribution in [1.29, 1.82) is 0 Å². The Hall–Kier alpha value is -2.86. The van der Waals surface area contributed by atoms with Crippen LogP contribution in [0.2, 0.25) is 0 Å². The third-order valence-corrected chi connectivity index (χ3v) is 4.93. The summed E-state index contributed by atoms with van der Waals surface area (Å²) in [6.45, 7) is 8.25. The maximum Gasteiger partial charge on any atom is 0.363 e. The highest BCUT2D eigenvalue weighted by Gasteiger charge is 2.24. The zero-order chi connectivity index (χ0) is 21.0. The molecule has 0 spiro atoms. The number of rotatable bonds is 7. The van der Waals surface area contributed by atoms with Gasteiger partial charge in [0.15, 0.2) is 17.2 Å². The van der Waals surface area contributed by atoms with E-state index in [2.05, 4.69) is 41.3 Å². The lowest BCUT2D eigenvalue weighted by Gasteiger charge is -2.12. The Bertz CT molecular complexity index is 991. The molecule has 29 heavy (non-hydrogen) atoms. The summed E-state index contributed by atoms with van der Waals surface area (Å²) < 4.78 is 17.1. The van der Waals surface area contributed by atoms with Crippen LogP contribution in [0, 0.1) is 0 Å². The smallest absolute Gasteiger partial charge is 0.363 e. The first-order chi connectivity index (χ1) is 13.9. The second-order valence-corrected chi connectivity index (χ2v) is 7.60. The highest BCUT2D eigenvalue weighted by Crippen LogP contribution is 2.37. The largest absolute Gasteiger partial charge is 0.493 e. The molecule has 0 unspecified atom stereocenters. The molecule has 0 fully saturated rings. The topological polar surface area (TPSA) is 57.1 Å². The SMILES string of the molecule is C=CCOc1c(Br)cc(/C=C2\N=C(c3ccc(C(C)C)cc3)OC2=O)cc1OC. The number of esters is 1. The van der Waals surface area contributed by atoms with Crippen LogP contribution in [-0.4, -0.2) is 25.6 Å². The molecule has 0 aliphatic carbocycles. The molecule has 0 atom stereocenters. The summed E-state index contributed by atoms with van der Waals surface area (Å²) in [5, 5.41) is 0. The van der Waals surface area contributed by atoms with E-state index in [1.165, 1.54) is 5.56 Å². The number of halogens is 1. The molecule has 0 amide bonds. The summed E-state index contributed by atoms with van der Waals surface area (Å²) in [5.74, 6) is 1.34. The summed E-state index contributed by atoms with van der Waals surface area (Å²) in [4.78, 5) is 16.7. The van der Waals surface area contributed by atoms with Crippen molar-refractivity contribution >= 4 is 33.9 Å². The number of benzene rings is 2. The number of carbonyl (C=O) groups is 1. The third-order valence-electron chi connectivity index (χ3n) is 4.35. The van der Waals surface area contributed by atoms with Crippen LogP contribution in [0.3, 0.4) is 0 Å². The molecule has 2 aromatic carbocycles.